The predicted octanol–water partition coefficient (Wildman–Crippen LogP) is 5.97. The van der Waals surface area contributed by atoms with Gasteiger partial charge in [0, 0.05) is 0 Å². The molecular formula is C33H24N2O5. The number of carbonyl (C=O) groups is 3. The number of hydrogen-bond acceptors (Lipinski definition) is 6. The van der Waals surface area contributed by atoms with Crippen LogP contribution in [-0.4, -0.2) is 24.1 Å². The van der Waals surface area contributed by atoms with Crippen molar-refractivity contribution in [1.82, 2.24) is 5.43 Å². The summed E-state index contributed by atoms with van der Waals surface area (Å²) in [5.41, 5.74) is 4.63. The van der Waals surface area contributed by atoms with Crippen LogP contribution >= 0.6 is 0 Å². The molecule has 0 spiro atoms. The molecule has 0 radical (unpaired) electrons. The van der Waals surface area contributed by atoms with Crippen molar-refractivity contribution < 1.29 is 23.9 Å². The van der Waals surface area contributed by atoms with Crippen LogP contribution in [0.25, 0.3) is 10.8 Å². The number of esters is 2. The summed E-state index contributed by atoms with van der Waals surface area (Å²) in [5, 5.41) is 6.13. The first-order valence-electron chi connectivity index (χ1n) is 12.5. The maximum Gasteiger partial charge on any atom is 0.343 e. The molecule has 0 aliphatic carbocycles. The third-order valence-electron chi connectivity index (χ3n) is 6.03. The third kappa shape index (κ3) is 6.46. The number of amides is 1. The molecule has 5 aromatic carbocycles. The second-order valence-electron chi connectivity index (χ2n) is 8.83. The van der Waals surface area contributed by atoms with Crippen molar-refractivity contribution in [3.05, 3.63) is 144 Å². The fourth-order valence-electron chi connectivity index (χ4n) is 4.07. The summed E-state index contributed by atoms with van der Waals surface area (Å²) >= 11 is 0. The Labute approximate surface area is 230 Å². The first-order chi connectivity index (χ1) is 19.6. The Morgan fingerprint density at radius 1 is 0.650 bits per heavy atom. The molecule has 0 aromatic heterocycles. The van der Waals surface area contributed by atoms with Gasteiger partial charge in [0.15, 0.2) is 11.5 Å². The van der Waals surface area contributed by atoms with E-state index in [0.717, 1.165) is 16.3 Å². The molecule has 196 valence electrons. The van der Waals surface area contributed by atoms with Crippen LogP contribution in [0.3, 0.4) is 0 Å². The minimum absolute atomic E-state index is 0.0316. The highest BCUT2D eigenvalue weighted by Crippen LogP contribution is 2.30. The van der Waals surface area contributed by atoms with E-state index in [1.165, 1.54) is 18.3 Å². The first kappa shape index (κ1) is 26.1. The fourth-order valence-corrected chi connectivity index (χ4v) is 4.07. The molecule has 0 fully saturated rings. The Bertz CT molecular complexity index is 1690. The van der Waals surface area contributed by atoms with Crippen LogP contribution in [0.4, 0.5) is 0 Å². The van der Waals surface area contributed by atoms with Gasteiger partial charge in [0.1, 0.15) is 0 Å². The zero-order valence-corrected chi connectivity index (χ0v) is 21.3. The summed E-state index contributed by atoms with van der Waals surface area (Å²) in [7, 11) is 0. The number of carbonyl (C=O) groups excluding carboxylic acids is 3. The monoisotopic (exact) mass is 528 g/mol. The molecule has 0 aliphatic heterocycles. The Kier molecular flexibility index (Phi) is 8.03. The molecule has 0 saturated carbocycles. The lowest BCUT2D eigenvalue weighted by Gasteiger charge is -2.11. The molecule has 1 amide bonds. The third-order valence-corrected chi connectivity index (χ3v) is 6.03. The molecule has 7 heteroatoms. The minimum Gasteiger partial charge on any atom is -0.419 e. The molecule has 0 unspecified atom stereocenters. The van der Waals surface area contributed by atoms with Crippen molar-refractivity contribution in [1.29, 1.82) is 0 Å². The van der Waals surface area contributed by atoms with Crippen LogP contribution in [-0.2, 0) is 11.2 Å². The zero-order valence-electron chi connectivity index (χ0n) is 21.3. The number of hydrazone groups is 1. The van der Waals surface area contributed by atoms with Gasteiger partial charge in [-0.25, -0.2) is 15.0 Å². The summed E-state index contributed by atoms with van der Waals surface area (Å²) in [6, 6.07) is 35.3. The van der Waals surface area contributed by atoms with Gasteiger partial charge in [-0.15, -0.1) is 0 Å². The van der Waals surface area contributed by atoms with E-state index in [-0.39, 0.29) is 23.8 Å². The number of fused-ring (bicyclic) bond motifs is 1. The lowest BCUT2D eigenvalue weighted by atomic mass is 10.0. The highest BCUT2D eigenvalue weighted by molar-refractivity contribution is 5.94. The number of nitrogens with one attached hydrogen (secondary N) is 1. The van der Waals surface area contributed by atoms with Gasteiger partial charge in [0.2, 0.25) is 5.91 Å². The van der Waals surface area contributed by atoms with Crippen molar-refractivity contribution >= 4 is 34.8 Å². The minimum atomic E-state index is -0.616. The van der Waals surface area contributed by atoms with Crippen LogP contribution in [0.15, 0.2) is 126 Å². The fraction of sp³-hybridized carbons (Fsp3) is 0.0303. The van der Waals surface area contributed by atoms with Gasteiger partial charge in [-0.05, 0) is 64.4 Å². The van der Waals surface area contributed by atoms with E-state index in [1.807, 2.05) is 42.5 Å². The summed E-state index contributed by atoms with van der Waals surface area (Å²) in [5.74, 6) is -1.40. The zero-order chi connectivity index (χ0) is 27.7. The van der Waals surface area contributed by atoms with Gasteiger partial charge in [-0.2, -0.15) is 5.10 Å². The first-order valence-corrected chi connectivity index (χ1v) is 12.5. The second-order valence-corrected chi connectivity index (χ2v) is 8.83. The molecule has 1 N–H and O–H groups in total. The van der Waals surface area contributed by atoms with Gasteiger partial charge in [-0.3, -0.25) is 4.79 Å². The van der Waals surface area contributed by atoms with Crippen molar-refractivity contribution in [3.63, 3.8) is 0 Å². The van der Waals surface area contributed by atoms with E-state index >= 15 is 0 Å². The summed E-state index contributed by atoms with van der Waals surface area (Å²) in [6.07, 6.45) is 1.58. The van der Waals surface area contributed by atoms with Crippen LogP contribution < -0.4 is 14.9 Å². The molecule has 5 aromatic rings. The highest BCUT2D eigenvalue weighted by Gasteiger charge is 2.17. The topological polar surface area (TPSA) is 94.1 Å². The molecule has 0 heterocycles. The van der Waals surface area contributed by atoms with Gasteiger partial charge >= 0.3 is 11.9 Å². The normalized spacial score (nSPS) is 10.8. The molecule has 40 heavy (non-hydrogen) atoms. The number of hydrogen-bond donors (Lipinski definition) is 1. The summed E-state index contributed by atoms with van der Waals surface area (Å²) in [6.45, 7) is 0. The molecule has 0 atom stereocenters. The number of rotatable bonds is 8. The Balaban J connectivity index is 1.32. The number of ether oxygens (including phenoxy) is 2. The van der Waals surface area contributed by atoms with Gasteiger partial charge in [0.25, 0.3) is 0 Å². The van der Waals surface area contributed by atoms with Crippen LogP contribution in [0.1, 0.15) is 31.8 Å². The SMILES string of the molecule is O=C(Cc1cccc2ccccc12)N/N=C\c1ccc(OC(=O)c2ccccc2)c(OC(=O)c2ccccc2)c1. The summed E-state index contributed by atoms with van der Waals surface area (Å²) < 4.78 is 11.1. The maximum atomic E-state index is 12.8. The largest absolute Gasteiger partial charge is 0.419 e. The van der Waals surface area contributed by atoms with Gasteiger partial charge in [-0.1, -0.05) is 78.9 Å². The lowest BCUT2D eigenvalue weighted by Crippen LogP contribution is -2.20. The molecule has 0 saturated heterocycles. The van der Waals surface area contributed by atoms with Crippen molar-refractivity contribution in [2.75, 3.05) is 0 Å². The molecule has 5 rings (SSSR count). The van der Waals surface area contributed by atoms with E-state index in [0.29, 0.717) is 16.7 Å². The van der Waals surface area contributed by atoms with E-state index < -0.39 is 11.9 Å². The number of benzene rings is 5. The number of nitrogens with zero attached hydrogens (tertiary/aromatic N) is 1. The quantitative estimate of drug-likeness (QED) is 0.116. The second kappa shape index (κ2) is 12.3. The van der Waals surface area contributed by atoms with Gasteiger partial charge in [0.05, 0.1) is 23.8 Å². The lowest BCUT2D eigenvalue weighted by molar-refractivity contribution is -0.120. The smallest absolute Gasteiger partial charge is 0.343 e. The summed E-state index contributed by atoms with van der Waals surface area (Å²) in [4.78, 5) is 38.0. The molecule has 0 bridgehead atoms. The highest BCUT2D eigenvalue weighted by atomic mass is 16.6. The average Bonchev–Trinajstić information content (AvgIpc) is 2.99. The Morgan fingerprint density at radius 3 is 1.95 bits per heavy atom. The predicted molar refractivity (Wildman–Crippen MR) is 153 cm³/mol. The van der Waals surface area contributed by atoms with Crippen molar-refractivity contribution in [3.8, 4) is 11.5 Å². The van der Waals surface area contributed by atoms with Crippen molar-refractivity contribution in [2.24, 2.45) is 5.10 Å². The Hall–Kier alpha value is -5.56. The van der Waals surface area contributed by atoms with Crippen LogP contribution in [0, 0.1) is 0 Å². The van der Waals surface area contributed by atoms with E-state index in [2.05, 4.69) is 10.5 Å². The van der Waals surface area contributed by atoms with E-state index in [9.17, 15) is 14.4 Å². The Morgan fingerprint density at radius 2 is 1.25 bits per heavy atom. The molecule has 7 nitrogen and oxygen atoms in total. The van der Waals surface area contributed by atoms with Crippen LogP contribution in [0.5, 0.6) is 11.5 Å². The standard InChI is InChI=1S/C33H24N2O5/c36-31(21-27-16-9-15-24-10-7-8-17-28(24)27)35-34-22-23-18-19-29(39-32(37)25-11-3-1-4-12-25)30(20-23)40-33(38)26-13-5-2-6-14-26/h1-20,22H,21H2,(H,35,36)/b34-22-. The van der Waals surface area contributed by atoms with Crippen LogP contribution in [0.2, 0.25) is 0 Å². The average molecular weight is 529 g/mol. The molecular weight excluding hydrogens is 504 g/mol. The van der Waals surface area contributed by atoms with E-state index in [4.69, 9.17) is 9.47 Å². The van der Waals surface area contributed by atoms with E-state index in [1.54, 1.807) is 66.7 Å². The van der Waals surface area contributed by atoms with Gasteiger partial charge < -0.3 is 9.47 Å². The van der Waals surface area contributed by atoms with Crippen molar-refractivity contribution in [2.45, 2.75) is 6.42 Å². The molecule has 0 aliphatic rings. The maximum absolute atomic E-state index is 12.8.